The second-order valence-corrected chi connectivity index (χ2v) is 7.27. The molecule has 10 heteroatoms. The topological polar surface area (TPSA) is 72.7 Å². The Labute approximate surface area is 185 Å². The van der Waals surface area contributed by atoms with Gasteiger partial charge in [-0.1, -0.05) is 23.7 Å². The number of hydrogen-bond acceptors (Lipinski definition) is 4. The monoisotopic (exact) mass is 457 g/mol. The molecule has 0 bridgehead atoms. The number of anilines is 1. The summed E-state index contributed by atoms with van der Waals surface area (Å²) in [4.78, 5) is 24.7. The van der Waals surface area contributed by atoms with Crippen molar-refractivity contribution in [1.82, 2.24) is 19.5 Å². The Morgan fingerprint density at radius 2 is 1.94 bits per heavy atom. The van der Waals surface area contributed by atoms with Gasteiger partial charge in [-0.15, -0.1) is 0 Å². The molecule has 0 aliphatic heterocycles. The molecule has 2 heterocycles. The molecular formula is C22H15ClF3N5O. The molecule has 162 valence electrons. The zero-order chi connectivity index (χ0) is 22.9. The van der Waals surface area contributed by atoms with E-state index in [1.54, 1.807) is 41.4 Å². The van der Waals surface area contributed by atoms with Crippen LogP contribution in [0.15, 0.2) is 55.1 Å². The molecule has 0 fully saturated rings. The maximum atomic E-state index is 12.9. The lowest BCUT2D eigenvalue weighted by Crippen LogP contribution is -2.14. The van der Waals surface area contributed by atoms with Crippen LogP contribution in [0.4, 0.5) is 18.9 Å². The fraction of sp³-hybridized carbons (Fsp3) is 0.0909. The fourth-order valence-electron chi connectivity index (χ4n) is 3.03. The third kappa shape index (κ3) is 4.47. The van der Waals surface area contributed by atoms with E-state index in [0.29, 0.717) is 16.9 Å². The first kappa shape index (κ1) is 21.5. The first-order valence-electron chi connectivity index (χ1n) is 9.33. The molecular weight excluding hydrogens is 443 g/mol. The van der Waals surface area contributed by atoms with Crippen molar-refractivity contribution in [1.29, 1.82) is 0 Å². The van der Waals surface area contributed by atoms with Gasteiger partial charge in [-0.25, -0.2) is 15.0 Å². The normalized spacial score (nSPS) is 11.9. The van der Waals surface area contributed by atoms with Crippen molar-refractivity contribution < 1.29 is 18.0 Å². The van der Waals surface area contributed by atoms with E-state index < -0.39 is 17.6 Å². The molecule has 4 aromatic rings. The van der Waals surface area contributed by atoms with Gasteiger partial charge in [0.15, 0.2) is 10.8 Å². The molecule has 4 rings (SSSR count). The van der Waals surface area contributed by atoms with Gasteiger partial charge in [-0.2, -0.15) is 13.2 Å². The van der Waals surface area contributed by atoms with Crippen LogP contribution in [0.5, 0.6) is 0 Å². The summed E-state index contributed by atoms with van der Waals surface area (Å²) < 4.78 is 40.4. The number of halogens is 4. The molecule has 0 saturated carbocycles. The Bertz CT molecular complexity index is 1350. The molecule has 6 nitrogen and oxygen atoms in total. The van der Waals surface area contributed by atoms with Crippen LogP contribution in [0.3, 0.4) is 0 Å². The predicted molar refractivity (Wildman–Crippen MR) is 116 cm³/mol. The number of imidazole rings is 1. The Morgan fingerprint density at radius 1 is 1.12 bits per heavy atom. The fourth-order valence-corrected chi connectivity index (χ4v) is 3.21. The maximum absolute atomic E-state index is 12.9. The number of hydrogen-bond donors (Lipinski definition) is 1. The van der Waals surface area contributed by atoms with E-state index in [1.165, 1.54) is 18.5 Å². The van der Waals surface area contributed by atoms with Gasteiger partial charge in [-0.05, 0) is 54.5 Å². The average molecular weight is 458 g/mol. The van der Waals surface area contributed by atoms with Gasteiger partial charge in [0, 0.05) is 17.5 Å². The van der Waals surface area contributed by atoms with E-state index in [1.807, 2.05) is 6.92 Å². The second-order valence-electron chi connectivity index (χ2n) is 6.91. The van der Waals surface area contributed by atoms with Crippen molar-refractivity contribution in [2.75, 3.05) is 5.32 Å². The highest BCUT2D eigenvalue weighted by molar-refractivity contribution is 6.33. The minimum atomic E-state index is -4.52. The number of benzene rings is 2. The number of fused-ring (bicyclic) bond motifs is 1. The predicted octanol–water partition coefficient (Wildman–Crippen LogP) is 5.69. The third-order valence-electron chi connectivity index (χ3n) is 4.72. The van der Waals surface area contributed by atoms with Crippen molar-refractivity contribution in [3.63, 3.8) is 0 Å². The van der Waals surface area contributed by atoms with Crippen molar-refractivity contribution in [2.45, 2.75) is 13.1 Å². The van der Waals surface area contributed by atoms with Crippen LogP contribution in [-0.2, 0) is 6.18 Å². The zero-order valence-corrected chi connectivity index (χ0v) is 17.3. The van der Waals surface area contributed by atoms with Crippen molar-refractivity contribution >= 4 is 46.6 Å². The molecule has 0 aliphatic carbocycles. The lowest BCUT2D eigenvalue weighted by molar-refractivity contribution is -0.137. The van der Waals surface area contributed by atoms with Gasteiger partial charge < -0.3 is 5.32 Å². The maximum Gasteiger partial charge on any atom is 0.416 e. The number of nitrogens with zero attached hydrogens (tertiary/aromatic N) is 4. The first-order chi connectivity index (χ1) is 15.2. The van der Waals surface area contributed by atoms with Crippen LogP contribution < -0.4 is 5.32 Å². The highest BCUT2D eigenvalue weighted by atomic mass is 35.5. The summed E-state index contributed by atoms with van der Waals surface area (Å²) in [5.74, 6) is -0.637. The molecule has 0 saturated heterocycles. The second kappa shape index (κ2) is 8.43. The summed E-state index contributed by atoms with van der Waals surface area (Å²) >= 11 is 6.01. The van der Waals surface area contributed by atoms with E-state index in [0.717, 1.165) is 23.3 Å². The van der Waals surface area contributed by atoms with Crippen LogP contribution in [0.25, 0.3) is 23.4 Å². The number of carbonyl (C=O) groups excluding carboxylic acids is 1. The smallest absolute Gasteiger partial charge is 0.322 e. The van der Waals surface area contributed by atoms with Crippen LogP contribution >= 0.6 is 11.6 Å². The highest BCUT2D eigenvalue weighted by Crippen LogP contribution is 2.30. The molecule has 32 heavy (non-hydrogen) atoms. The van der Waals surface area contributed by atoms with Crippen molar-refractivity contribution in [3.05, 3.63) is 82.5 Å². The van der Waals surface area contributed by atoms with Crippen molar-refractivity contribution in [3.8, 4) is 0 Å². The Hall–Kier alpha value is -3.72. The summed E-state index contributed by atoms with van der Waals surface area (Å²) in [6.45, 7) is 1.89. The number of amides is 1. The zero-order valence-electron chi connectivity index (χ0n) is 16.6. The number of carbonyl (C=O) groups is 1. The van der Waals surface area contributed by atoms with Gasteiger partial charge >= 0.3 is 6.18 Å². The highest BCUT2D eigenvalue weighted by Gasteiger charge is 2.30. The van der Waals surface area contributed by atoms with Gasteiger partial charge in [0.05, 0.1) is 5.56 Å². The third-order valence-corrected chi connectivity index (χ3v) is 4.99. The molecule has 0 spiro atoms. The number of alkyl halides is 3. The summed E-state index contributed by atoms with van der Waals surface area (Å²) in [5, 5.41) is 2.89. The largest absolute Gasteiger partial charge is 0.416 e. The summed E-state index contributed by atoms with van der Waals surface area (Å²) in [6, 6.07) is 9.47. The van der Waals surface area contributed by atoms with Gasteiger partial charge in [0.1, 0.15) is 18.2 Å². The molecule has 2 aromatic carbocycles. The molecule has 2 aromatic heterocycles. The average Bonchev–Trinajstić information content (AvgIpc) is 3.18. The van der Waals surface area contributed by atoms with Crippen LogP contribution in [0.1, 0.15) is 27.0 Å². The van der Waals surface area contributed by atoms with Crippen LogP contribution in [0.2, 0.25) is 5.15 Å². The van der Waals surface area contributed by atoms with E-state index in [-0.39, 0.29) is 10.7 Å². The van der Waals surface area contributed by atoms with Crippen LogP contribution in [0, 0.1) is 6.92 Å². The quantitative estimate of drug-likeness (QED) is 0.400. The summed E-state index contributed by atoms with van der Waals surface area (Å²) in [5.41, 5.74) is 2.20. The lowest BCUT2D eigenvalue weighted by Gasteiger charge is -2.10. The Balaban J connectivity index is 1.57. The van der Waals surface area contributed by atoms with Gasteiger partial charge in [0.25, 0.3) is 5.91 Å². The van der Waals surface area contributed by atoms with E-state index in [9.17, 15) is 18.0 Å². The standard InChI is InChI=1S/C22H15ClF3N5O/c1-13-5-6-17(30-21(32)15-3-2-4-16(9-15)22(24,25)26)10-14(13)7-8-31-12-29-18-19(23)27-11-28-20(18)31/h2-12H,1H3,(H,30,32). The molecule has 1 N–H and O–H groups in total. The van der Waals surface area contributed by atoms with E-state index >= 15 is 0 Å². The minimum Gasteiger partial charge on any atom is -0.322 e. The number of nitrogens with one attached hydrogen (secondary N) is 1. The number of aryl methyl sites for hydroxylation is 1. The first-order valence-corrected chi connectivity index (χ1v) is 9.70. The molecule has 0 atom stereocenters. The lowest BCUT2D eigenvalue weighted by atomic mass is 10.1. The minimum absolute atomic E-state index is 0.0843. The molecule has 0 radical (unpaired) electrons. The SMILES string of the molecule is Cc1ccc(NC(=O)c2cccc(C(F)(F)F)c2)cc1C=Cn1cnc2c(Cl)ncnc21. The van der Waals surface area contributed by atoms with E-state index in [2.05, 4.69) is 20.3 Å². The van der Waals surface area contributed by atoms with E-state index in [4.69, 9.17) is 11.6 Å². The van der Waals surface area contributed by atoms with Crippen LogP contribution in [-0.4, -0.2) is 25.4 Å². The van der Waals surface area contributed by atoms with Crippen molar-refractivity contribution in [2.24, 2.45) is 0 Å². The Kier molecular flexibility index (Phi) is 5.67. The van der Waals surface area contributed by atoms with Gasteiger partial charge in [-0.3, -0.25) is 9.36 Å². The van der Waals surface area contributed by atoms with Gasteiger partial charge in [0.2, 0.25) is 0 Å². The summed E-state index contributed by atoms with van der Waals surface area (Å²) in [7, 11) is 0. The molecule has 1 amide bonds. The number of aromatic nitrogens is 4. The summed E-state index contributed by atoms with van der Waals surface area (Å²) in [6.07, 6.45) is 1.90. The Morgan fingerprint density at radius 3 is 2.72 bits per heavy atom. The molecule has 0 unspecified atom stereocenters. The molecule has 0 aliphatic rings. The number of rotatable bonds is 4.